The average Bonchev–Trinajstić information content (AvgIpc) is 3.22. The number of hydrogen-bond donors (Lipinski definition) is 2. The van der Waals surface area contributed by atoms with E-state index < -0.39 is 29.8 Å². The first-order valence-electron chi connectivity index (χ1n) is 8.82. The third-order valence-corrected chi connectivity index (χ3v) is 4.40. The second-order valence-corrected chi connectivity index (χ2v) is 6.72. The van der Waals surface area contributed by atoms with Crippen molar-refractivity contribution in [3.8, 4) is 11.1 Å². The van der Waals surface area contributed by atoms with Crippen LogP contribution in [0.3, 0.4) is 0 Å². The Bertz CT molecular complexity index is 983. The van der Waals surface area contributed by atoms with Crippen LogP contribution >= 0.6 is 0 Å². The molecule has 3 rings (SSSR count). The Balaban J connectivity index is 1.99. The summed E-state index contributed by atoms with van der Waals surface area (Å²) >= 11 is 0. The van der Waals surface area contributed by atoms with Gasteiger partial charge in [0.2, 0.25) is 5.89 Å². The molecule has 5 nitrogen and oxygen atoms in total. The van der Waals surface area contributed by atoms with Crippen LogP contribution in [0.2, 0.25) is 0 Å². The summed E-state index contributed by atoms with van der Waals surface area (Å²) in [6.07, 6.45) is -4.78. The Morgan fingerprint density at radius 1 is 1.14 bits per heavy atom. The highest BCUT2D eigenvalue weighted by Crippen LogP contribution is 2.35. The van der Waals surface area contributed by atoms with Gasteiger partial charge in [-0.15, -0.1) is 0 Å². The SMILES string of the molecule is Cc1ccc(-c2cc(C(=O)N[C@H](C)c3ncco3)cc(C(O)C(F)(F)F)c2)cc1. The highest BCUT2D eigenvalue weighted by atomic mass is 19.4. The maximum Gasteiger partial charge on any atom is 0.418 e. The number of hydrogen-bond acceptors (Lipinski definition) is 4. The molecule has 1 aromatic heterocycles. The van der Waals surface area contributed by atoms with Crippen LogP contribution < -0.4 is 5.32 Å². The minimum Gasteiger partial charge on any atom is -0.447 e. The molecule has 0 aliphatic carbocycles. The predicted molar refractivity (Wildman–Crippen MR) is 100 cm³/mol. The van der Waals surface area contributed by atoms with Crippen molar-refractivity contribution in [2.24, 2.45) is 0 Å². The Kier molecular flexibility index (Phi) is 5.74. The van der Waals surface area contributed by atoms with Gasteiger partial charge in [-0.1, -0.05) is 29.8 Å². The van der Waals surface area contributed by atoms with E-state index in [1.165, 1.54) is 24.6 Å². The number of aliphatic hydroxyl groups is 1. The molecule has 0 saturated carbocycles. The number of alkyl halides is 3. The van der Waals surface area contributed by atoms with E-state index in [1.807, 2.05) is 19.1 Å². The van der Waals surface area contributed by atoms with Crippen molar-refractivity contribution in [2.75, 3.05) is 0 Å². The number of rotatable bonds is 5. The summed E-state index contributed by atoms with van der Waals surface area (Å²) < 4.78 is 44.4. The molecule has 0 fully saturated rings. The zero-order valence-electron chi connectivity index (χ0n) is 15.7. The van der Waals surface area contributed by atoms with Gasteiger partial charge in [-0.05, 0) is 48.7 Å². The normalized spacial score (nSPS) is 13.7. The number of carbonyl (C=O) groups excluding carboxylic acids is 1. The highest BCUT2D eigenvalue weighted by molar-refractivity contribution is 5.96. The third-order valence-electron chi connectivity index (χ3n) is 4.40. The lowest BCUT2D eigenvalue weighted by atomic mass is 9.96. The molecule has 2 aromatic carbocycles. The van der Waals surface area contributed by atoms with Crippen LogP contribution in [0, 0.1) is 6.92 Å². The lowest BCUT2D eigenvalue weighted by Gasteiger charge is -2.18. The van der Waals surface area contributed by atoms with Crippen LogP contribution in [0.15, 0.2) is 59.3 Å². The topological polar surface area (TPSA) is 75.4 Å². The van der Waals surface area contributed by atoms with Gasteiger partial charge in [0.05, 0.1) is 6.20 Å². The number of aryl methyl sites for hydroxylation is 1. The fourth-order valence-electron chi connectivity index (χ4n) is 2.83. The molecule has 0 spiro atoms. The Morgan fingerprint density at radius 2 is 1.83 bits per heavy atom. The summed E-state index contributed by atoms with van der Waals surface area (Å²) in [6.45, 7) is 3.52. The maximum atomic E-state index is 13.1. The number of halogens is 3. The van der Waals surface area contributed by atoms with Crippen molar-refractivity contribution >= 4 is 5.91 Å². The van der Waals surface area contributed by atoms with E-state index in [9.17, 15) is 23.1 Å². The van der Waals surface area contributed by atoms with Crippen molar-refractivity contribution < 1.29 is 27.5 Å². The van der Waals surface area contributed by atoms with Gasteiger partial charge in [-0.2, -0.15) is 13.2 Å². The minimum absolute atomic E-state index is 0.0141. The van der Waals surface area contributed by atoms with E-state index in [2.05, 4.69) is 10.3 Å². The second kappa shape index (κ2) is 8.08. The molecule has 0 aliphatic heterocycles. The van der Waals surface area contributed by atoms with Gasteiger partial charge in [0.15, 0.2) is 6.10 Å². The summed E-state index contributed by atoms with van der Waals surface area (Å²) in [7, 11) is 0. The molecular formula is C21H19F3N2O3. The summed E-state index contributed by atoms with van der Waals surface area (Å²) in [5, 5.41) is 12.4. The van der Waals surface area contributed by atoms with E-state index in [0.717, 1.165) is 11.6 Å². The van der Waals surface area contributed by atoms with Crippen LogP contribution in [0.25, 0.3) is 11.1 Å². The molecule has 1 unspecified atom stereocenters. The molecule has 1 amide bonds. The molecule has 1 heterocycles. The number of nitrogens with zero attached hydrogens (tertiary/aromatic N) is 1. The molecule has 2 atom stereocenters. The van der Waals surface area contributed by atoms with Gasteiger partial charge in [-0.3, -0.25) is 4.79 Å². The fraction of sp³-hybridized carbons (Fsp3) is 0.238. The Labute approximate surface area is 165 Å². The number of aliphatic hydroxyl groups excluding tert-OH is 1. The average molecular weight is 404 g/mol. The molecule has 0 radical (unpaired) electrons. The molecule has 3 aromatic rings. The quantitative estimate of drug-likeness (QED) is 0.644. The molecule has 152 valence electrons. The van der Waals surface area contributed by atoms with Gasteiger partial charge in [0.25, 0.3) is 5.91 Å². The van der Waals surface area contributed by atoms with E-state index >= 15 is 0 Å². The highest BCUT2D eigenvalue weighted by Gasteiger charge is 2.39. The van der Waals surface area contributed by atoms with E-state index in [4.69, 9.17) is 4.42 Å². The summed E-state index contributed by atoms with van der Waals surface area (Å²) in [6, 6.07) is 10.3. The zero-order chi connectivity index (χ0) is 21.2. The monoisotopic (exact) mass is 404 g/mol. The van der Waals surface area contributed by atoms with Gasteiger partial charge < -0.3 is 14.8 Å². The lowest BCUT2D eigenvalue weighted by molar-refractivity contribution is -0.206. The lowest BCUT2D eigenvalue weighted by Crippen LogP contribution is -2.27. The molecule has 29 heavy (non-hydrogen) atoms. The third kappa shape index (κ3) is 4.83. The molecule has 2 N–H and O–H groups in total. The molecule has 0 bridgehead atoms. The summed E-state index contributed by atoms with van der Waals surface area (Å²) in [5.74, 6) is -0.344. The van der Waals surface area contributed by atoms with E-state index in [1.54, 1.807) is 19.1 Å². The Hall–Kier alpha value is -3.13. The summed E-state index contributed by atoms with van der Waals surface area (Å²) in [5.41, 5.74) is 1.57. The van der Waals surface area contributed by atoms with Crippen molar-refractivity contribution in [3.63, 3.8) is 0 Å². The van der Waals surface area contributed by atoms with Crippen LogP contribution in [0.1, 0.15) is 46.4 Å². The number of oxazole rings is 1. The van der Waals surface area contributed by atoms with Gasteiger partial charge in [-0.25, -0.2) is 4.98 Å². The Morgan fingerprint density at radius 3 is 2.41 bits per heavy atom. The first-order chi connectivity index (χ1) is 13.6. The van der Waals surface area contributed by atoms with E-state index in [0.29, 0.717) is 11.1 Å². The smallest absolute Gasteiger partial charge is 0.418 e. The van der Waals surface area contributed by atoms with Crippen LogP contribution in [-0.2, 0) is 0 Å². The largest absolute Gasteiger partial charge is 0.447 e. The number of nitrogens with one attached hydrogen (secondary N) is 1. The minimum atomic E-state index is -4.86. The number of amides is 1. The first-order valence-corrected chi connectivity index (χ1v) is 8.82. The van der Waals surface area contributed by atoms with E-state index in [-0.39, 0.29) is 11.5 Å². The van der Waals surface area contributed by atoms with Gasteiger partial charge in [0, 0.05) is 5.56 Å². The molecule has 0 aliphatic rings. The standard InChI is InChI=1S/C21H19F3N2O3/c1-12-3-5-14(6-4-12)15-9-16(18(27)21(22,23)24)11-17(10-15)19(28)26-13(2)20-25-7-8-29-20/h3-11,13,18,27H,1-2H3,(H,26,28)/t13-,18?/m1/s1. The maximum absolute atomic E-state index is 13.1. The predicted octanol–water partition coefficient (Wildman–Crippen LogP) is 4.74. The molecular weight excluding hydrogens is 385 g/mol. The second-order valence-electron chi connectivity index (χ2n) is 6.72. The van der Waals surface area contributed by atoms with Crippen molar-refractivity contribution in [1.29, 1.82) is 0 Å². The van der Waals surface area contributed by atoms with Crippen molar-refractivity contribution in [3.05, 3.63) is 77.5 Å². The number of aromatic nitrogens is 1. The van der Waals surface area contributed by atoms with Crippen molar-refractivity contribution in [1.82, 2.24) is 10.3 Å². The van der Waals surface area contributed by atoms with Crippen LogP contribution in [-0.4, -0.2) is 22.2 Å². The van der Waals surface area contributed by atoms with Gasteiger partial charge >= 0.3 is 6.18 Å². The number of carbonyl (C=O) groups is 1. The van der Waals surface area contributed by atoms with Crippen molar-refractivity contribution in [2.45, 2.75) is 32.2 Å². The van der Waals surface area contributed by atoms with Crippen LogP contribution in [0.4, 0.5) is 13.2 Å². The van der Waals surface area contributed by atoms with Gasteiger partial charge in [0.1, 0.15) is 12.3 Å². The zero-order valence-corrected chi connectivity index (χ0v) is 15.7. The number of benzene rings is 2. The molecule has 8 heteroatoms. The van der Waals surface area contributed by atoms with Crippen LogP contribution in [0.5, 0.6) is 0 Å². The fourth-order valence-corrected chi connectivity index (χ4v) is 2.83. The summed E-state index contributed by atoms with van der Waals surface area (Å²) in [4.78, 5) is 16.6. The molecule has 0 saturated heterocycles. The first kappa shape index (κ1) is 20.6.